The topological polar surface area (TPSA) is 64.7 Å². The van der Waals surface area contributed by atoms with E-state index in [9.17, 15) is 9.59 Å². The van der Waals surface area contributed by atoms with Crippen LogP contribution in [0.2, 0.25) is 0 Å². The van der Waals surface area contributed by atoms with Gasteiger partial charge in [-0.3, -0.25) is 0 Å². The Balaban J connectivity index is 1.19. The maximum atomic E-state index is 13.1. The van der Waals surface area contributed by atoms with Crippen LogP contribution in [0.15, 0.2) is 24.3 Å². The van der Waals surface area contributed by atoms with E-state index in [1.807, 2.05) is 34.1 Å². The second-order valence-corrected chi connectivity index (χ2v) is 14.1. The van der Waals surface area contributed by atoms with Crippen molar-refractivity contribution < 1.29 is 9.59 Å². The van der Waals surface area contributed by atoms with E-state index in [-0.39, 0.29) is 33.7 Å². The SMILES string of the molecule is CC1(C)CC2CC(C)(CN2C(=O)Nc2ccc(NC(=O)N3CC4(C)CC3CC(C)(C)C4)cc2)C1. The molecule has 4 amide bonds. The van der Waals surface area contributed by atoms with Gasteiger partial charge in [-0.1, -0.05) is 41.5 Å². The largest absolute Gasteiger partial charge is 0.322 e. The number of nitrogens with zero attached hydrogens (tertiary/aromatic N) is 2. The van der Waals surface area contributed by atoms with Crippen molar-refractivity contribution in [2.75, 3.05) is 23.7 Å². The Hall–Kier alpha value is -2.24. The fourth-order valence-corrected chi connectivity index (χ4v) is 8.42. The van der Waals surface area contributed by atoms with Gasteiger partial charge in [0.05, 0.1) is 0 Å². The molecule has 4 fully saturated rings. The Morgan fingerprint density at radius 3 is 1.38 bits per heavy atom. The van der Waals surface area contributed by atoms with E-state index in [1.54, 1.807) is 0 Å². The van der Waals surface area contributed by atoms with E-state index in [2.05, 4.69) is 52.2 Å². The molecule has 34 heavy (non-hydrogen) atoms. The summed E-state index contributed by atoms with van der Waals surface area (Å²) in [6.07, 6.45) is 6.67. The number of anilines is 2. The number of benzene rings is 1. The predicted octanol–water partition coefficient (Wildman–Crippen LogP) is 6.55. The molecule has 2 N–H and O–H groups in total. The third kappa shape index (κ3) is 4.52. The molecule has 0 radical (unpaired) electrons. The Bertz CT molecular complexity index is 908. The molecule has 2 heterocycles. The van der Waals surface area contributed by atoms with Gasteiger partial charge in [0.2, 0.25) is 0 Å². The molecule has 5 rings (SSSR count). The van der Waals surface area contributed by atoms with Crippen LogP contribution in [0.25, 0.3) is 0 Å². The van der Waals surface area contributed by atoms with Crippen molar-refractivity contribution in [2.45, 2.75) is 92.2 Å². The Morgan fingerprint density at radius 1 is 0.676 bits per heavy atom. The van der Waals surface area contributed by atoms with Gasteiger partial charge in [-0.05, 0) is 84.5 Å². The summed E-state index contributed by atoms with van der Waals surface area (Å²) in [5, 5.41) is 6.17. The van der Waals surface area contributed by atoms with Crippen LogP contribution in [0.1, 0.15) is 80.1 Å². The van der Waals surface area contributed by atoms with Crippen molar-refractivity contribution in [1.82, 2.24) is 9.80 Å². The molecular weight excluding hydrogens is 424 g/mol. The predicted molar refractivity (Wildman–Crippen MR) is 137 cm³/mol. The number of nitrogens with one attached hydrogen (secondary N) is 2. The third-order valence-corrected chi connectivity index (χ3v) is 8.74. The number of rotatable bonds is 2. The smallest absolute Gasteiger partial charge is 0.321 e. The van der Waals surface area contributed by atoms with Crippen LogP contribution >= 0.6 is 0 Å². The van der Waals surface area contributed by atoms with Crippen LogP contribution in [-0.4, -0.2) is 47.0 Å². The van der Waals surface area contributed by atoms with Crippen LogP contribution in [0.3, 0.4) is 0 Å². The summed E-state index contributed by atoms with van der Waals surface area (Å²) in [4.78, 5) is 30.2. The van der Waals surface area contributed by atoms with E-state index in [1.165, 1.54) is 12.8 Å². The zero-order valence-electron chi connectivity index (χ0n) is 21.8. The number of carbonyl (C=O) groups is 2. The lowest BCUT2D eigenvalue weighted by molar-refractivity contribution is 0.129. The molecule has 6 heteroatoms. The molecule has 4 atom stereocenters. The fourth-order valence-electron chi connectivity index (χ4n) is 8.42. The third-order valence-electron chi connectivity index (χ3n) is 8.74. The van der Waals surface area contributed by atoms with Gasteiger partial charge in [0.25, 0.3) is 0 Å². The number of carbonyl (C=O) groups excluding carboxylic acids is 2. The molecule has 4 aliphatic rings. The second-order valence-electron chi connectivity index (χ2n) is 14.1. The zero-order chi connectivity index (χ0) is 24.5. The first-order valence-corrected chi connectivity index (χ1v) is 13.0. The summed E-state index contributed by atoms with van der Waals surface area (Å²) in [5.41, 5.74) is 2.54. The average Bonchev–Trinajstić information content (AvgIpc) is 3.09. The molecule has 1 aromatic rings. The van der Waals surface area contributed by atoms with Gasteiger partial charge in [-0.15, -0.1) is 0 Å². The summed E-state index contributed by atoms with van der Waals surface area (Å²) in [6.45, 7) is 15.6. The van der Waals surface area contributed by atoms with E-state index < -0.39 is 0 Å². The van der Waals surface area contributed by atoms with Crippen LogP contribution in [-0.2, 0) is 0 Å². The minimum absolute atomic E-state index is 0.0107. The molecule has 4 unspecified atom stereocenters. The molecule has 2 aliphatic heterocycles. The zero-order valence-corrected chi connectivity index (χ0v) is 21.8. The molecule has 2 aliphatic carbocycles. The van der Waals surface area contributed by atoms with Crippen LogP contribution in [0.4, 0.5) is 21.0 Å². The van der Waals surface area contributed by atoms with Crippen molar-refractivity contribution >= 4 is 23.4 Å². The lowest BCUT2D eigenvalue weighted by Gasteiger charge is -2.39. The normalized spacial score (nSPS) is 35.2. The maximum Gasteiger partial charge on any atom is 0.322 e. The minimum atomic E-state index is -0.0107. The van der Waals surface area contributed by atoms with Crippen molar-refractivity contribution in [2.24, 2.45) is 21.7 Å². The molecule has 2 saturated heterocycles. The fraction of sp³-hybridized carbons (Fsp3) is 0.714. The van der Waals surface area contributed by atoms with E-state index in [0.717, 1.165) is 50.1 Å². The first-order chi connectivity index (χ1) is 15.7. The van der Waals surface area contributed by atoms with Crippen LogP contribution < -0.4 is 10.6 Å². The van der Waals surface area contributed by atoms with Crippen molar-refractivity contribution in [3.05, 3.63) is 24.3 Å². The first kappa shape index (κ1) is 23.5. The summed E-state index contributed by atoms with van der Waals surface area (Å²) in [6, 6.07) is 8.15. The quantitative estimate of drug-likeness (QED) is 0.519. The Morgan fingerprint density at radius 2 is 1.03 bits per heavy atom. The summed E-state index contributed by atoms with van der Waals surface area (Å²) >= 11 is 0. The van der Waals surface area contributed by atoms with Gasteiger partial charge in [0, 0.05) is 36.5 Å². The van der Waals surface area contributed by atoms with Gasteiger partial charge in [0.15, 0.2) is 0 Å². The summed E-state index contributed by atoms with van der Waals surface area (Å²) in [5.74, 6) is 0. The first-order valence-electron chi connectivity index (χ1n) is 13.0. The lowest BCUT2D eigenvalue weighted by atomic mass is 9.65. The molecule has 6 nitrogen and oxygen atoms in total. The van der Waals surface area contributed by atoms with E-state index in [0.29, 0.717) is 12.1 Å². The van der Waals surface area contributed by atoms with Gasteiger partial charge < -0.3 is 20.4 Å². The number of fused-ring (bicyclic) bond motifs is 4. The summed E-state index contributed by atoms with van der Waals surface area (Å²) in [7, 11) is 0. The van der Waals surface area contributed by atoms with Crippen molar-refractivity contribution in [3.8, 4) is 0 Å². The standard InChI is InChI=1S/C28H42N4O2/c1-25(2)11-21-13-27(5,15-25)17-31(21)23(33)29-19-7-9-20(10-8-19)30-24(34)32-18-28(6)14-22(32)12-26(3,4)16-28/h7-10,21-22H,11-18H2,1-6H3,(H,29,33)(H,30,34). The molecule has 2 saturated carbocycles. The number of amides is 4. The number of likely N-dealkylation sites (tertiary alicyclic amines) is 2. The van der Waals surface area contributed by atoms with E-state index in [4.69, 9.17) is 0 Å². The molecule has 1 aromatic carbocycles. The minimum Gasteiger partial charge on any atom is -0.321 e. The molecule has 4 bridgehead atoms. The monoisotopic (exact) mass is 466 g/mol. The highest BCUT2D eigenvalue weighted by Crippen LogP contribution is 2.53. The highest BCUT2D eigenvalue weighted by atomic mass is 16.2. The van der Waals surface area contributed by atoms with E-state index >= 15 is 0 Å². The molecule has 0 spiro atoms. The molecule has 186 valence electrons. The highest BCUT2D eigenvalue weighted by molar-refractivity contribution is 5.92. The Labute approximate surface area is 204 Å². The van der Waals surface area contributed by atoms with Crippen LogP contribution in [0.5, 0.6) is 0 Å². The highest BCUT2D eigenvalue weighted by Gasteiger charge is 2.52. The average molecular weight is 467 g/mol. The van der Waals surface area contributed by atoms with Crippen LogP contribution in [0, 0.1) is 21.7 Å². The van der Waals surface area contributed by atoms with Gasteiger partial charge in [-0.25, -0.2) is 9.59 Å². The lowest BCUT2D eigenvalue weighted by Crippen LogP contribution is -2.40. The van der Waals surface area contributed by atoms with Crippen molar-refractivity contribution in [3.63, 3.8) is 0 Å². The number of hydrogen-bond acceptors (Lipinski definition) is 2. The van der Waals surface area contributed by atoms with Crippen molar-refractivity contribution in [1.29, 1.82) is 0 Å². The second kappa shape index (κ2) is 7.63. The molecule has 0 aromatic heterocycles. The number of hydrogen-bond donors (Lipinski definition) is 2. The summed E-state index contributed by atoms with van der Waals surface area (Å²) < 4.78 is 0. The number of urea groups is 2. The Kier molecular flexibility index (Phi) is 5.27. The van der Waals surface area contributed by atoms with Gasteiger partial charge >= 0.3 is 12.1 Å². The van der Waals surface area contributed by atoms with Gasteiger partial charge in [-0.2, -0.15) is 0 Å². The molecular formula is C28H42N4O2. The maximum absolute atomic E-state index is 13.1. The van der Waals surface area contributed by atoms with Gasteiger partial charge in [0.1, 0.15) is 0 Å².